The molecule has 0 fully saturated rings. The van der Waals surface area contributed by atoms with Gasteiger partial charge in [-0.1, -0.05) is 37.3 Å². The van der Waals surface area contributed by atoms with E-state index in [1.807, 2.05) is 43.3 Å². The fourth-order valence-corrected chi connectivity index (χ4v) is 3.83. The van der Waals surface area contributed by atoms with Crippen LogP contribution in [0, 0.1) is 11.7 Å². The van der Waals surface area contributed by atoms with Gasteiger partial charge in [-0.05, 0) is 42.2 Å². The minimum atomic E-state index is -0.160. The third-order valence-corrected chi connectivity index (χ3v) is 5.49. The van der Waals surface area contributed by atoms with E-state index in [-0.39, 0.29) is 23.7 Å². The van der Waals surface area contributed by atoms with Crippen molar-refractivity contribution >= 4 is 17.7 Å². The van der Waals surface area contributed by atoms with Crippen LogP contribution in [0.5, 0.6) is 0 Å². The summed E-state index contributed by atoms with van der Waals surface area (Å²) in [6.45, 7) is 1.94. The standard InChI is InChI=1S/C19H20FNOS/c1-13(12-23-14-6-3-2-4-7-14)19(22)21-18-11-10-15-16(18)8-5-9-17(15)20/h2-9,13,18H,10-12H2,1H3,(H,21,22). The van der Waals surface area contributed by atoms with Gasteiger partial charge >= 0.3 is 0 Å². The molecule has 1 amide bonds. The normalized spacial score (nSPS) is 17.6. The number of benzene rings is 2. The summed E-state index contributed by atoms with van der Waals surface area (Å²) in [4.78, 5) is 13.6. The van der Waals surface area contributed by atoms with Crippen molar-refractivity contribution in [1.82, 2.24) is 5.32 Å². The Hall–Kier alpha value is -1.81. The summed E-state index contributed by atoms with van der Waals surface area (Å²) in [6, 6.07) is 15.1. The molecule has 4 heteroatoms. The molecule has 0 bridgehead atoms. The Morgan fingerprint density at radius 2 is 2.04 bits per heavy atom. The maximum absolute atomic E-state index is 13.8. The van der Waals surface area contributed by atoms with E-state index in [2.05, 4.69) is 5.32 Å². The van der Waals surface area contributed by atoms with E-state index >= 15 is 0 Å². The van der Waals surface area contributed by atoms with Crippen LogP contribution in [0.2, 0.25) is 0 Å². The highest BCUT2D eigenvalue weighted by Gasteiger charge is 2.27. The summed E-state index contributed by atoms with van der Waals surface area (Å²) in [7, 11) is 0. The number of hydrogen-bond acceptors (Lipinski definition) is 2. The van der Waals surface area contributed by atoms with Crippen LogP contribution in [0.4, 0.5) is 4.39 Å². The SMILES string of the molecule is CC(CSc1ccccc1)C(=O)NC1CCc2c(F)cccc21. The van der Waals surface area contributed by atoms with Gasteiger partial charge in [0.05, 0.1) is 6.04 Å². The molecule has 0 aliphatic heterocycles. The highest BCUT2D eigenvalue weighted by atomic mass is 32.2. The number of nitrogens with one attached hydrogen (secondary N) is 1. The summed E-state index contributed by atoms with van der Waals surface area (Å²) in [5.74, 6) is 0.527. The number of hydrogen-bond donors (Lipinski definition) is 1. The van der Waals surface area contributed by atoms with Gasteiger partial charge in [-0.25, -0.2) is 4.39 Å². The van der Waals surface area contributed by atoms with E-state index < -0.39 is 0 Å². The van der Waals surface area contributed by atoms with Crippen LogP contribution in [0.3, 0.4) is 0 Å². The topological polar surface area (TPSA) is 29.1 Å². The van der Waals surface area contributed by atoms with Crippen molar-refractivity contribution in [1.29, 1.82) is 0 Å². The molecule has 2 aromatic rings. The van der Waals surface area contributed by atoms with Gasteiger partial charge in [0.25, 0.3) is 0 Å². The van der Waals surface area contributed by atoms with Gasteiger partial charge in [-0.2, -0.15) is 0 Å². The zero-order chi connectivity index (χ0) is 16.2. The molecule has 2 unspecified atom stereocenters. The number of fused-ring (bicyclic) bond motifs is 1. The Balaban J connectivity index is 1.57. The van der Waals surface area contributed by atoms with E-state index in [1.165, 1.54) is 11.0 Å². The first kappa shape index (κ1) is 16.1. The minimum Gasteiger partial charge on any atom is -0.349 e. The molecule has 2 aromatic carbocycles. The number of halogens is 1. The molecule has 0 aromatic heterocycles. The van der Waals surface area contributed by atoms with Crippen LogP contribution in [0.1, 0.15) is 30.5 Å². The number of rotatable bonds is 5. The van der Waals surface area contributed by atoms with E-state index in [9.17, 15) is 9.18 Å². The zero-order valence-electron chi connectivity index (χ0n) is 13.1. The van der Waals surface area contributed by atoms with Gasteiger partial charge in [0.2, 0.25) is 5.91 Å². The first-order valence-electron chi connectivity index (χ1n) is 7.90. The maximum atomic E-state index is 13.8. The largest absolute Gasteiger partial charge is 0.349 e. The average molecular weight is 329 g/mol. The summed E-state index contributed by atoms with van der Waals surface area (Å²) < 4.78 is 13.8. The Bertz CT molecular complexity index is 689. The quantitative estimate of drug-likeness (QED) is 0.826. The second-order valence-corrected chi connectivity index (χ2v) is 7.03. The lowest BCUT2D eigenvalue weighted by Crippen LogP contribution is -2.33. The van der Waals surface area contributed by atoms with Crippen molar-refractivity contribution in [3.63, 3.8) is 0 Å². The number of carbonyl (C=O) groups excluding carboxylic acids is 1. The van der Waals surface area contributed by atoms with Crippen LogP contribution >= 0.6 is 11.8 Å². The predicted molar refractivity (Wildman–Crippen MR) is 91.9 cm³/mol. The van der Waals surface area contributed by atoms with Crippen LogP contribution in [-0.2, 0) is 11.2 Å². The smallest absolute Gasteiger partial charge is 0.224 e. The first-order chi connectivity index (χ1) is 11.1. The van der Waals surface area contributed by atoms with Gasteiger partial charge in [0, 0.05) is 16.6 Å². The molecule has 3 rings (SSSR count). The van der Waals surface area contributed by atoms with Crippen molar-refractivity contribution in [2.45, 2.75) is 30.7 Å². The summed E-state index contributed by atoms with van der Waals surface area (Å²) in [5.41, 5.74) is 1.69. The molecule has 120 valence electrons. The number of amides is 1. The minimum absolute atomic E-state index is 0.0375. The molecule has 1 aliphatic rings. The highest BCUT2D eigenvalue weighted by Crippen LogP contribution is 2.33. The molecular weight excluding hydrogens is 309 g/mol. The van der Waals surface area contributed by atoms with Gasteiger partial charge in [0.15, 0.2) is 0 Å². The summed E-state index contributed by atoms with van der Waals surface area (Å²) >= 11 is 1.68. The van der Waals surface area contributed by atoms with Crippen molar-refractivity contribution in [2.75, 3.05) is 5.75 Å². The maximum Gasteiger partial charge on any atom is 0.224 e. The van der Waals surface area contributed by atoms with Crippen LogP contribution < -0.4 is 5.32 Å². The van der Waals surface area contributed by atoms with Gasteiger partial charge in [0.1, 0.15) is 5.82 Å². The second-order valence-electron chi connectivity index (χ2n) is 5.93. The molecule has 0 saturated heterocycles. The second kappa shape index (κ2) is 7.18. The lowest BCUT2D eigenvalue weighted by atomic mass is 10.1. The molecule has 0 saturated carbocycles. The van der Waals surface area contributed by atoms with E-state index in [0.717, 1.165) is 23.3 Å². The lowest BCUT2D eigenvalue weighted by Gasteiger charge is -2.18. The lowest BCUT2D eigenvalue weighted by molar-refractivity contribution is -0.124. The first-order valence-corrected chi connectivity index (χ1v) is 8.89. The fraction of sp³-hybridized carbons (Fsp3) is 0.316. The Kier molecular flexibility index (Phi) is 5.01. The monoisotopic (exact) mass is 329 g/mol. The fourth-order valence-electron chi connectivity index (χ4n) is 2.89. The molecule has 1 aliphatic carbocycles. The Labute approximate surface area is 140 Å². The van der Waals surface area contributed by atoms with E-state index in [1.54, 1.807) is 17.8 Å². The number of carbonyl (C=O) groups is 1. The van der Waals surface area contributed by atoms with Crippen LogP contribution in [0.25, 0.3) is 0 Å². The van der Waals surface area contributed by atoms with Crippen molar-refractivity contribution in [2.24, 2.45) is 5.92 Å². The molecule has 1 N–H and O–H groups in total. The third-order valence-electron chi connectivity index (χ3n) is 4.22. The predicted octanol–water partition coefficient (Wildman–Crippen LogP) is 4.36. The third kappa shape index (κ3) is 3.75. The zero-order valence-corrected chi connectivity index (χ0v) is 13.9. The molecule has 0 heterocycles. The summed E-state index contributed by atoms with van der Waals surface area (Å²) in [6.07, 6.45) is 1.47. The average Bonchev–Trinajstić information content (AvgIpc) is 2.98. The molecule has 0 radical (unpaired) electrons. The van der Waals surface area contributed by atoms with Gasteiger partial charge in [-0.3, -0.25) is 4.79 Å². The van der Waals surface area contributed by atoms with Gasteiger partial charge < -0.3 is 5.32 Å². The van der Waals surface area contributed by atoms with Crippen LogP contribution in [-0.4, -0.2) is 11.7 Å². The van der Waals surface area contributed by atoms with Crippen molar-refractivity contribution in [3.05, 3.63) is 65.5 Å². The number of thioether (sulfide) groups is 1. The molecular formula is C19H20FNOS. The van der Waals surface area contributed by atoms with Crippen LogP contribution in [0.15, 0.2) is 53.4 Å². The summed E-state index contributed by atoms with van der Waals surface area (Å²) in [5, 5.41) is 3.08. The van der Waals surface area contributed by atoms with Gasteiger partial charge in [-0.15, -0.1) is 11.8 Å². The van der Waals surface area contributed by atoms with Crippen molar-refractivity contribution in [3.8, 4) is 0 Å². The van der Waals surface area contributed by atoms with E-state index in [4.69, 9.17) is 0 Å². The molecule has 23 heavy (non-hydrogen) atoms. The van der Waals surface area contributed by atoms with E-state index in [0.29, 0.717) is 6.42 Å². The molecule has 2 atom stereocenters. The Morgan fingerprint density at radius 3 is 2.83 bits per heavy atom. The molecule has 2 nitrogen and oxygen atoms in total. The molecule has 0 spiro atoms. The van der Waals surface area contributed by atoms with Crippen molar-refractivity contribution < 1.29 is 9.18 Å². The Morgan fingerprint density at radius 1 is 1.26 bits per heavy atom. The highest BCUT2D eigenvalue weighted by molar-refractivity contribution is 7.99.